The highest BCUT2D eigenvalue weighted by atomic mass is 32.1. The van der Waals surface area contributed by atoms with E-state index in [4.69, 9.17) is 8.42 Å². The Bertz CT molecular complexity index is 898. The quantitative estimate of drug-likeness (QED) is 0.654. The molecule has 0 unspecified atom stereocenters. The molecule has 4 heterocycles. The first-order chi connectivity index (χ1) is 12.7. The Labute approximate surface area is 155 Å². The van der Waals surface area contributed by atoms with Crippen molar-refractivity contribution in [3.8, 4) is 11.3 Å². The van der Waals surface area contributed by atoms with Crippen molar-refractivity contribution in [3.63, 3.8) is 0 Å². The van der Waals surface area contributed by atoms with Gasteiger partial charge < -0.3 is 15.6 Å². The maximum atomic E-state index is 8.29. The number of aromatic amines is 1. The molecule has 8 heteroatoms. The zero-order chi connectivity index (χ0) is 18.4. The molecule has 0 bridgehead atoms. The second-order valence-electron chi connectivity index (χ2n) is 6.26. The molecular weight excluding hydrogens is 350 g/mol. The molecule has 3 aromatic rings. The van der Waals surface area contributed by atoms with Gasteiger partial charge in [0.2, 0.25) is 0 Å². The SMILES string of the molecule is Cc1ccc(-c2cnc3[nH]ccc3c2N[C@@H]2CCCNC2)nc1.O=S=O. The molecule has 0 amide bonds. The number of piperidine rings is 1. The summed E-state index contributed by atoms with van der Waals surface area (Å²) in [5.41, 5.74) is 5.21. The topological polar surface area (TPSA) is 99.8 Å². The third kappa shape index (κ3) is 4.14. The van der Waals surface area contributed by atoms with Crippen molar-refractivity contribution < 1.29 is 8.42 Å². The summed E-state index contributed by atoms with van der Waals surface area (Å²) in [6, 6.07) is 6.68. The van der Waals surface area contributed by atoms with E-state index in [-0.39, 0.29) is 0 Å². The van der Waals surface area contributed by atoms with Crippen LogP contribution in [0.1, 0.15) is 18.4 Å². The molecule has 0 radical (unpaired) electrons. The van der Waals surface area contributed by atoms with E-state index >= 15 is 0 Å². The number of nitrogens with one attached hydrogen (secondary N) is 3. The van der Waals surface area contributed by atoms with E-state index in [2.05, 4.69) is 50.7 Å². The zero-order valence-electron chi connectivity index (χ0n) is 14.5. The molecule has 1 saturated heterocycles. The molecule has 0 saturated carbocycles. The molecule has 26 heavy (non-hydrogen) atoms. The molecule has 136 valence electrons. The lowest BCUT2D eigenvalue weighted by atomic mass is 10.0. The van der Waals surface area contributed by atoms with Gasteiger partial charge >= 0.3 is 11.6 Å². The van der Waals surface area contributed by atoms with Gasteiger partial charge in [-0.25, -0.2) is 4.98 Å². The summed E-state index contributed by atoms with van der Waals surface area (Å²) in [7, 11) is 0. The average Bonchev–Trinajstić information content (AvgIpc) is 3.14. The summed E-state index contributed by atoms with van der Waals surface area (Å²) in [5.74, 6) is 0. The Hall–Kier alpha value is -2.58. The van der Waals surface area contributed by atoms with Crippen LogP contribution in [0.15, 0.2) is 36.8 Å². The minimum atomic E-state index is -0.750. The Balaban J connectivity index is 0.000000613. The van der Waals surface area contributed by atoms with E-state index in [0.717, 1.165) is 46.6 Å². The van der Waals surface area contributed by atoms with Crippen molar-refractivity contribution in [2.45, 2.75) is 25.8 Å². The van der Waals surface area contributed by atoms with Gasteiger partial charge in [0.15, 0.2) is 0 Å². The number of nitrogens with zero attached hydrogens (tertiary/aromatic N) is 2. The van der Waals surface area contributed by atoms with E-state index < -0.39 is 11.6 Å². The minimum absolute atomic E-state index is 0.438. The summed E-state index contributed by atoms with van der Waals surface area (Å²) in [4.78, 5) is 12.3. The monoisotopic (exact) mass is 371 g/mol. The highest BCUT2D eigenvalue weighted by Crippen LogP contribution is 2.33. The first kappa shape index (κ1) is 18.2. The van der Waals surface area contributed by atoms with Gasteiger partial charge in [-0.15, -0.1) is 0 Å². The summed E-state index contributed by atoms with van der Waals surface area (Å²) >= 11 is -0.750. The number of pyridine rings is 2. The lowest BCUT2D eigenvalue weighted by Crippen LogP contribution is -2.38. The van der Waals surface area contributed by atoms with E-state index in [1.54, 1.807) is 0 Å². The van der Waals surface area contributed by atoms with Gasteiger partial charge in [-0.3, -0.25) is 4.98 Å². The van der Waals surface area contributed by atoms with Crippen LogP contribution in [0.4, 0.5) is 5.69 Å². The lowest BCUT2D eigenvalue weighted by molar-refractivity contribution is 0.480. The second-order valence-corrected chi connectivity index (χ2v) is 6.40. The lowest BCUT2D eigenvalue weighted by Gasteiger charge is -2.26. The Morgan fingerprint density at radius 3 is 2.73 bits per heavy atom. The van der Waals surface area contributed by atoms with Gasteiger partial charge in [0, 0.05) is 42.1 Å². The average molecular weight is 371 g/mol. The minimum Gasteiger partial charge on any atom is -0.380 e. The fourth-order valence-electron chi connectivity index (χ4n) is 3.16. The van der Waals surface area contributed by atoms with Crippen LogP contribution >= 0.6 is 0 Å². The molecule has 0 aromatic carbocycles. The van der Waals surface area contributed by atoms with Gasteiger partial charge in [-0.2, -0.15) is 8.42 Å². The Morgan fingerprint density at radius 1 is 1.19 bits per heavy atom. The number of fused-ring (bicyclic) bond motifs is 1. The predicted octanol–water partition coefficient (Wildman–Crippen LogP) is 2.43. The second kappa shape index (κ2) is 8.68. The molecule has 0 spiro atoms. The highest BCUT2D eigenvalue weighted by molar-refractivity contribution is 7.51. The summed E-state index contributed by atoms with van der Waals surface area (Å²) in [6.45, 7) is 4.16. The Kier molecular flexibility index (Phi) is 6.08. The molecule has 1 fully saturated rings. The van der Waals surface area contributed by atoms with Crippen LogP contribution in [0.5, 0.6) is 0 Å². The van der Waals surface area contributed by atoms with Crippen molar-refractivity contribution in [2.24, 2.45) is 0 Å². The van der Waals surface area contributed by atoms with E-state index in [0.29, 0.717) is 6.04 Å². The summed E-state index contributed by atoms with van der Waals surface area (Å²) < 4.78 is 16.6. The van der Waals surface area contributed by atoms with E-state index in [1.165, 1.54) is 12.8 Å². The maximum absolute atomic E-state index is 8.29. The molecule has 3 N–H and O–H groups in total. The molecule has 1 atom stereocenters. The van der Waals surface area contributed by atoms with Gasteiger partial charge in [-0.05, 0) is 44.0 Å². The van der Waals surface area contributed by atoms with Gasteiger partial charge in [0.25, 0.3) is 0 Å². The van der Waals surface area contributed by atoms with Crippen LogP contribution in [0, 0.1) is 6.92 Å². The van der Waals surface area contributed by atoms with Crippen LogP contribution < -0.4 is 10.6 Å². The number of hydrogen-bond donors (Lipinski definition) is 3. The standard InChI is InChI=1S/C18H21N5.O2S/c1-12-4-5-16(21-9-12)15-11-22-18-14(6-8-20-18)17(15)23-13-3-2-7-19-10-13;1-3-2/h4-6,8-9,11,13,19H,2-3,7,10H2,1H3,(H2,20,22,23);/t13-;/m1./s1. The zero-order valence-corrected chi connectivity index (χ0v) is 15.3. The van der Waals surface area contributed by atoms with Gasteiger partial charge in [0.05, 0.1) is 11.4 Å². The van der Waals surface area contributed by atoms with Crippen LogP contribution in [-0.4, -0.2) is 42.5 Å². The number of hydrogen-bond acceptors (Lipinski definition) is 6. The largest absolute Gasteiger partial charge is 0.380 e. The fourth-order valence-corrected chi connectivity index (χ4v) is 3.16. The van der Waals surface area contributed by atoms with Crippen molar-refractivity contribution >= 4 is 28.3 Å². The fraction of sp³-hybridized carbons (Fsp3) is 0.333. The first-order valence-corrected chi connectivity index (χ1v) is 9.17. The van der Waals surface area contributed by atoms with Crippen LogP contribution in [0.25, 0.3) is 22.3 Å². The van der Waals surface area contributed by atoms with Gasteiger partial charge in [-0.1, -0.05) is 6.07 Å². The Morgan fingerprint density at radius 2 is 2.04 bits per heavy atom. The van der Waals surface area contributed by atoms with E-state index in [9.17, 15) is 0 Å². The number of rotatable bonds is 3. The molecule has 1 aliphatic heterocycles. The van der Waals surface area contributed by atoms with Crippen LogP contribution in [-0.2, 0) is 11.6 Å². The third-order valence-electron chi connectivity index (χ3n) is 4.42. The molecule has 0 aliphatic carbocycles. The highest BCUT2D eigenvalue weighted by Gasteiger charge is 2.18. The van der Waals surface area contributed by atoms with E-state index in [1.807, 2.05) is 18.6 Å². The van der Waals surface area contributed by atoms with Crippen molar-refractivity contribution in [3.05, 3.63) is 42.4 Å². The number of aryl methyl sites for hydroxylation is 1. The molecule has 7 nitrogen and oxygen atoms in total. The molecular formula is C18H21N5O2S. The van der Waals surface area contributed by atoms with Crippen molar-refractivity contribution in [1.29, 1.82) is 0 Å². The number of H-pyrrole nitrogens is 1. The van der Waals surface area contributed by atoms with Crippen molar-refractivity contribution in [1.82, 2.24) is 20.3 Å². The summed E-state index contributed by atoms with van der Waals surface area (Å²) in [6.07, 6.45) is 8.14. The molecule has 4 rings (SSSR count). The molecule has 1 aliphatic rings. The first-order valence-electron chi connectivity index (χ1n) is 8.51. The smallest absolute Gasteiger partial charge is 0.335 e. The predicted molar refractivity (Wildman–Crippen MR) is 102 cm³/mol. The third-order valence-corrected chi connectivity index (χ3v) is 4.42. The van der Waals surface area contributed by atoms with Crippen LogP contribution in [0.3, 0.4) is 0 Å². The van der Waals surface area contributed by atoms with Gasteiger partial charge in [0.1, 0.15) is 5.65 Å². The normalized spacial score (nSPS) is 16.6. The van der Waals surface area contributed by atoms with Crippen molar-refractivity contribution in [2.75, 3.05) is 18.4 Å². The number of anilines is 1. The number of aromatic nitrogens is 3. The van der Waals surface area contributed by atoms with Crippen LogP contribution in [0.2, 0.25) is 0 Å². The molecule has 3 aromatic heterocycles. The maximum Gasteiger partial charge on any atom is 0.335 e. The summed E-state index contributed by atoms with van der Waals surface area (Å²) in [5, 5.41) is 8.31.